The van der Waals surface area contributed by atoms with E-state index in [4.69, 9.17) is 4.74 Å². The minimum atomic E-state index is -1.12. The van der Waals surface area contributed by atoms with E-state index in [-0.39, 0.29) is 29.3 Å². The first kappa shape index (κ1) is 38.3. The third-order valence-electron chi connectivity index (χ3n) is 17.8. The number of aliphatic carboxylic acids is 1. The van der Waals surface area contributed by atoms with Gasteiger partial charge in [0.05, 0.1) is 11.8 Å². The molecule has 6 heteroatoms. The maximum Gasteiger partial charge on any atom is 0.309 e. The quantitative estimate of drug-likeness (QED) is 0.192. The topological polar surface area (TPSA) is 70.1 Å². The number of carboxylic acids is 1. The third-order valence-corrected chi connectivity index (χ3v) is 17.8. The van der Waals surface area contributed by atoms with Crippen LogP contribution < -0.4 is 0 Å². The second-order valence-electron chi connectivity index (χ2n) is 21.0. The van der Waals surface area contributed by atoms with Crippen molar-refractivity contribution < 1.29 is 19.4 Å². The third kappa shape index (κ3) is 6.05. The number of hydrogen-bond acceptors (Lipinski definition) is 5. The Kier molecular flexibility index (Phi) is 10.1. The fraction of sp³-hybridized carbons (Fsp3) is 0.909. The fourth-order valence-corrected chi connectivity index (χ4v) is 14.6. The number of allylic oxidation sites excluding steroid dienone is 1. The van der Waals surface area contributed by atoms with E-state index in [9.17, 15) is 14.7 Å². The maximum atomic E-state index is 13.1. The largest absolute Gasteiger partial charge is 0.481 e. The number of rotatable bonds is 9. The summed E-state index contributed by atoms with van der Waals surface area (Å²) in [5.41, 5.74) is 1.49. The van der Waals surface area contributed by atoms with Gasteiger partial charge in [-0.3, -0.25) is 9.59 Å². The van der Waals surface area contributed by atoms with Gasteiger partial charge in [0.2, 0.25) is 0 Å². The highest BCUT2D eigenvalue weighted by atomic mass is 16.5. The Bertz CT molecular complexity index is 1310. The smallest absolute Gasteiger partial charge is 0.309 e. The lowest BCUT2D eigenvalue weighted by atomic mass is 9.32. The molecule has 10 atom stereocenters. The van der Waals surface area contributed by atoms with E-state index < -0.39 is 11.4 Å². The predicted octanol–water partition coefficient (Wildman–Crippen LogP) is 9.47. The molecule has 1 saturated heterocycles. The maximum absolute atomic E-state index is 13.1. The average molecular weight is 695 g/mol. The summed E-state index contributed by atoms with van der Waals surface area (Å²) in [7, 11) is 4.50. The van der Waals surface area contributed by atoms with Crippen LogP contribution in [0.25, 0.3) is 0 Å². The van der Waals surface area contributed by atoms with Crippen LogP contribution in [0.4, 0.5) is 0 Å². The van der Waals surface area contributed by atoms with E-state index in [0.29, 0.717) is 34.0 Å². The van der Waals surface area contributed by atoms with E-state index in [1.165, 1.54) is 95.8 Å². The SMILES string of the molecule is C=C(C)[C@@H]1CC[C@]2(CCN3CCC(N(C)C)CC3)CC[C@]3(C)[C@H](CC[C@@H]4[C@@]5(C)CC[C@H](OC(=O)CC(C)(C)C(=O)O)C(C)(C)[C@@H]5CC[C@]43C)[C@@H]12. The number of carboxylic acid groups (broad SMARTS) is 1. The van der Waals surface area contributed by atoms with Crippen molar-refractivity contribution in [3.63, 3.8) is 0 Å². The molecule has 0 spiro atoms. The van der Waals surface area contributed by atoms with Crippen LogP contribution in [0.2, 0.25) is 0 Å². The van der Waals surface area contributed by atoms with Gasteiger partial charge in [0.25, 0.3) is 0 Å². The van der Waals surface area contributed by atoms with Crippen molar-refractivity contribution in [1.29, 1.82) is 0 Å². The van der Waals surface area contributed by atoms with Gasteiger partial charge in [-0.15, -0.1) is 0 Å². The van der Waals surface area contributed by atoms with Crippen LogP contribution in [0.1, 0.15) is 145 Å². The Morgan fingerprint density at radius 2 is 1.54 bits per heavy atom. The highest BCUT2D eigenvalue weighted by Gasteiger charge is 2.71. The van der Waals surface area contributed by atoms with Crippen LogP contribution in [0.5, 0.6) is 0 Å². The lowest BCUT2D eigenvalue weighted by molar-refractivity contribution is -0.250. The van der Waals surface area contributed by atoms with Crippen LogP contribution in [-0.4, -0.2) is 72.7 Å². The van der Waals surface area contributed by atoms with Gasteiger partial charge in [-0.2, -0.15) is 0 Å². The van der Waals surface area contributed by atoms with Crippen LogP contribution >= 0.6 is 0 Å². The molecule has 5 aliphatic carbocycles. The Hall–Kier alpha value is -1.40. The molecule has 0 unspecified atom stereocenters. The molecule has 0 aromatic heterocycles. The minimum absolute atomic E-state index is 0.0833. The molecule has 50 heavy (non-hydrogen) atoms. The molecule has 1 heterocycles. The second kappa shape index (κ2) is 13.2. The van der Waals surface area contributed by atoms with Gasteiger partial charge in [0.15, 0.2) is 0 Å². The fourth-order valence-electron chi connectivity index (χ4n) is 14.6. The number of likely N-dealkylation sites (tertiary alicyclic amines) is 1. The first-order valence-corrected chi connectivity index (χ1v) is 20.7. The number of fused-ring (bicyclic) bond motifs is 7. The van der Waals surface area contributed by atoms with Crippen LogP contribution in [0, 0.1) is 62.1 Å². The Balaban J connectivity index is 1.21. The van der Waals surface area contributed by atoms with Gasteiger partial charge in [-0.05, 0) is 189 Å². The molecule has 0 aromatic carbocycles. The number of carbonyl (C=O) groups excluding carboxylic acids is 1. The monoisotopic (exact) mass is 695 g/mol. The van der Waals surface area contributed by atoms with Gasteiger partial charge in [0.1, 0.15) is 6.10 Å². The van der Waals surface area contributed by atoms with Crippen LogP contribution in [-0.2, 0) is 14.3 Å². The number of ether oxygens (including phenoxy) is 1. The zero-order valence-electron chi connectivity index (χ0n) is 33.8. The number of carbonyl (C=O) groups is 2. The Labute approximate surface area is 305 Å². The summed E-state index contributed by atoms with van der Waals surface area (Å²) in [6.45, 7) is 26.8. The molecule has 6 fully saturated rings. The van der Waals surface area contributed by atoms with Gasteiger partial charge in [-0.1, -0.05) is 46.8 Å². The normalized spacial score (nSPS) is 43.3. The molecule has 0 bridgehead atoms. The molecule has 6 rings (SSSR count). The summed E-state index contributed by atoms with van der Waals surface area (Å²) < 4.78 is 6.21. The Morgan fingerprint density at radius 1 is 0.860 bits per heavy atom. The zero-order chi connectivity index (χ0) is 36.7. The van der Waals surface area contributed by atoms with Gasteiger partial charge >= 0.3 is 11.9 Å². The predicted molar refractivity (Wildman–Crippen MR) is 203 cm³/mol. The standard InChI is InChI=1S/C44H74N2O4/c1-29(2)31-14-21-44(24-27-46-25-17-30(18-26-46)45(10)11)23-22-42(8)32(37(31)44)12-13-34-41(7)19-16-35(50-36(47)28-39(3,4)38(48)49)40(5,6)33(41)15-20-43(34,42)9/h30-35,37H,1,12-28H2,2-11H3,(H,48,49)/t31-,32+,33-,34+,35-,37+,41-,42+,43+,44+/m0/s1. The van der Waals surface area contributed by atoms with E-state index in [2.05, 4.69) is 72.0 Å². The van der Waals surface area contributed by atoms with Crippen LogP contribution in [0.15, 0.2) is 12.2 Å². The van der Waals surface area contributed by atoms with Gasteiger partial charge in [0, 0.05) is 11.5 Å². The summed E-state index contributed by atoms with van der Waals surface area (Å²) in [5.74, 6) is 2.05. The number of hydrogen-bond donors (Lipinski definition) is 1. The zero-order valence-corrected chi connectivity index (χ0v) is 33.8. The van der Waals surface area contributed by atoms with Crippen molar-refractivity contribution in [2.45, 2.75) is 157 Å². The molecular weight excluding hydrogens is 620 g/mol. The second-order valence-corrected chi connectivity index (χ2v) is 21.0. The lowest BCUT2D eigenvalue weighted by Crippen LogP contribution is -2.66. The number of esters is 1. The molecule has 284 valence electrons. The molecule has 1 N–H and O–H groups in total. The highest BCUT2D eigenvalue weighted by molar-refractivity contribution is 5.81. The van der Waals surface area contributed by atoms with Crippen LogP contribution in [0.3, 0.4) is 0 Å². The average Bonchev–Trinajstić information content (AvgIpc) is 3.42. The number of nitrogens with zero attached hydrogens (tertiary/aromatic N) is 2. The molecule has 6 aliphatic rings. The molecular formula is C44H74N2O4. The molecule has 1 aliphatic heterocycles. The van der Waals surface area contributed by atoms with Crippen molar-refractivity contribution in [3.8, 4) is 0 Å². The van der Waals surface area contributed by atoms with Crippen molar-refractivity contribution in [2.75, 3.05) is 33.7 Å². The molecule has 5 saturated carbocycles. The van der Waals surface area contributed by atoms with E-state index in [1.54, 1.807) is 13.8 Å². The van der Waals surface area contributed by atoms with E-state index in [1.807, 2.05) is 0 Å². The molecule has 0 aromatic rings. The van der Waals surface area contributed by atoms with Crippen molar-refractivity contribution in [3.05, 3.63) is 12.2 Å². The van der Waals surface area contributed by atoms with Crippen molar-refractivity contribution in [2.24, 2.45) is 62.1 Å². The first-order valence-electron chi connectivity index (χ1n) is 20.7. The molecule has 6 nitrogen and oxygen atoms in total. The van der Waals surface area contributed by atoms with Gasteiger partial charge < -0.3 is 19.6 Å². The van der Waals surface area contributed by atoms with Gasteiger partial charge in [-0.25, -0.2) is 0 Å². The summed E-state index contributed by atoms with van der Waals surface area (Å²) >= 11 is 0. The van der Waals surface area contributed by atoms with Crippen molar-refractivity contribution >= 4 is 11.9 Å². The summed E-state index contributed by atoms with van der Waals surface area (Å²) in [4.78, 5) is 30.1. The molecule has 0 radical (unpaired) electrons. The summed E-state index contributed by atoms with van der Waals surface area (Å²) in [6.07, 6.45) is 16.3. The first-order chi connectivity index (χ1) is 23.2. The Morgan fingerprint density at radius 3 is 2.16 bits per heavy atom. The van der Waals surface area contributed by atoms with E-state index in [0.717, 1.165) is 30.7 Å². The number of piperidine rings is 1. The summed E-state index contributed by atoms with van der Waals surface area (Å²) in [6, 6.07) is 0.742. The van der Waals surface area contributed by atoms with E-state index >= 15 is 0 Å². The summed E-state index contributed by atoms with van der Waals surface area (Å²) in [5, 5.41) is 9.62. The van der Waals surface area contributed by atoms with Crippen molar-refractivity contribution in [1.82, 2.24) is 9.80 Å². The minimum Gasteiger partial charge on any atom is -0.481 e. The molecule has 0 amide bonds. The lowest BCUT2D eigenvalue weighted by Gasteiger charge is -2.73. The highest BCUT2D eigenvalue weighted by Crippen LogP contribution is 2.78.